The van der Waals surface area contributed by atoms with Gasteiger partial charge in [-0.1, -0.05) is 29.8 Å². The van der Waals surface area contributed by atoms with Crippen molar-refractivity contribution >= 4 is 38.9 Å². The summed E-state index contributed by atoms with van der Waals surface area (Å²) in [5.74, 6) is -0.981. The maximum Gasteiger partial charge on any atom is 0.308 e. The van der Waals surface area contributed by atoms with E-state index in [0.29, 0.717) is 16.9 Å². The fraction of sp³-hybridized carbons (Fsp3) is 0.0952. The molecule has 3 aromatic rings. The van der Waals surface area contributed by atoms with E-state index in [9.17, 15) is 17.6 Å². The Morgan fingerprint density at radius 3 is 2.52 bits per heavy atom. The first-order valence-electron chi connectivity index (χ1n) is 9.10. The Hall–Kier alpha value is -3.30. The quantitative estimate of drug-likeness (QED) is 0.594. The van der Waals surface area contributed by atoms with Gasteiger partial charge in [0, 0.05) is 16.3 Å². The maximum atomic E-state index is 14.7. The van der Waals surface area contributed by atoms with E-state index >= 15 is 0 Å². The summed E-state index contributed by atoms with van der Waals surface area (Å²) in [6, 6.07) is 13.1. The standard InChI is InChI=1S/C21H17ClFN3O4S/c1-31(28,29)25-14-9-7-13(8-10-14)17-12-18(20-15(22)4-2-5-16(20)23)26(24-17)21(27)19-6-3-11-30-19/h2-12,18,24-25H,1H3. The van der Waals surface area contributed by atoms with Crippen molar-refractivity contribution in [2.45, 2.75) is 6.04 Å². The smallest absolute Gasteiger partial charge is 0.308 e. The molecule has 7 nitrogen and oxygen atoms in total. The number of hydrazine groups is 1. The lowest BCUT2D eigenvalue weighted by molar-refractivity contribution is 0.0637. The summed E-state index contributed by atoms with van der Waals surface area (Å²) in [7, 11) is -3.41. The molecule has 0 radical (unpaired) electrons. The minimum atomic E-state index is -3.41. The van der Waals surface area contributed by atoms with Gasteiger partial charge in [-0.3, -0.25) is 14.9 Å². The van der Waals surface area contributed by atoms with Crippen LogP contribution in [0.25, 0.3) is 5.70 Å². The van der Waals surface area contributed by atoms with Crippen LogP contribution >= 0.6 is 11.6 Å². The first-order chi connectivity index (χ1) is 14.7. The number of sulfonamides is 1. The van der Waals surface area contributed by atoms with Crippen LogP contribution in [-0.2, 0) is 10.0 Å². The van der Waals surface area contributed by atoms with Crippen LogP contribution in [0.4, 0.5) is 10.1 Å². The Kier molecular flexibility index (Phi) is 5.47. The summed E-state index contributed by atoms with van der Waals surface area (Å²) in [5, 5.41) is 1.41. The molecule has 1 aromatic heterocycles. The van der Waals surface area contributed by atoms with Crippen LogP contribution < -0.4 is 10.1 Å². The van der Waals surface area contributed by atoms with E-state index in [-0.39, 0.29) is 16.3 Å². The van der Waals surface area contributed by atoms with Gasteiger partial charge in [0.1, 0.15) is 11.9 Å². The normalized spacial score (nSPS) is 16.0. The topological polar surface area (TPSA) is 91.7 Å². The molecule has 160 valence electrons. The van der Waals surface area contributed by atoms with Crippen LogP contribution in [0.15, 0.2) is 71.4 Å². The number of halogens is 2. The van der Waals surface area contributed by atoms with Gasteiger partial charge < -0.3 is 4.42 Å². The third-order valence-electron chi connectivity index (χ3n) is 4.59. The first-order valence-corrected chi connectivity index (χ1v) is 11.4. The highest BCUT2D eigenvalue weighted by atomic mass is 35.5. The number of carbonyl (C=O) groups is 1. The second-order valence-electron chi connectivity index (χ2n) is 6.88. The number of amides is 1. The van der Waals surface area contributed by atoms with Gasteiger partial charge in [-0.25, -0.2) is 17.8 Å². The molecule has 1 aliphatic heterocycles. The molecule has 1 atom stereocenters. The number of nitrogens with one attached hydrogen (secondary N) is 2. The number of furan rings is 1. The van der Waals surface area contributed by atoms with E-state index in [1.807, 2.05) is 0 Å². The minimum absolute atomic E-state index is 0.0762. The third kappa shape index (κ3) is 4.42. The van der Waals surface area contributed by atoms with Crippen molar-refractivity contribution < 1.29 is 22.0 Å². The van der Waals surface area contributed by atoms with E-state index in [1.54, 1.807) is 42.5 Å². The SMILES string of the molecule is CS(=O)(=O)Nc1ccc(C2=CC(c3c(F)cccc3Cl)N(C(=O)c3ccco3)N2)cc1. The summed E-state index contributed by atoms with van der Waals surface area (Å²) in [6.07, 6.45) is 4.10. The number of nitrogens with zero attached hydrogens (tertiary/aromatic N) is 1. The molecule has 1 aliphatic rings. The number of benzene rings is 2. The van der Waals surface area contributed by atoms with Crippen molar-refractivity contribution in [2.24, 2.45) is 0 Å². The van der Waals surface area contributed by atoms with Crippen LogP contribution in [0, 0.1) is 5.82 Å². The van der Waals surface area contributed by atoms with Crippen molar-refractivity contribution in [2.75, 3.05) is 11.0 Å². The predicted octanol–water partition coefficient (Wildman–Crippen LogP) is 4.19. The highest BCUT2D eigenvalue weighted by Crippen LogP contribution is 2.37. The van der Waals surface area contributed by atoms with Crippen molar-refractivity contribution in [1.82, 2.24) is 10.4 Å². The van der Waals surface area contributed by atoms with Gasteiger partial charge in [0.05, 0.1) is 18.2 Å². The van der Waals surface area contributed by atoms with Crippen LogP contribution in [0.3, 0.4) is 0 Å². The summed E-state index contributed by atoms with van der Waals surface area (Å²) in [6.45, 7) is 0. The average molecular weight is 462 g/mol. The molecule has 1 amide bonds. The van der Waals surface area contributed by atoms with E-state index < -0.39 is 27.8 Å². The van der Waals surface area contributed by atoms with Gasteiger partial charge in [0.15, 0.2) is 5.76 Å². The molecule has 0 spiro atoms. The van der Waals surface area contributed by atoms with Crippen LogP contribution in [0.1, 0.15) is 27.7 Å². The zero-order chi connectivity index (χ0) is 22.2. The Morgan fingerprint density at radius 2 is 1.90 bits per heavy atom. The lowest BCUT2D eigenvalue weighted by Gasteiger charge is -2.25. The molecular formula is C21H17ClFN3O4S. The molecule has 0 saturated carbocycles. The second-order valence-corrected chi connectivity index (χ2v) is 9.03. The Balaban J connectivity index is 1.72. The second kappa shape index (κ2) is 8.09. The van der Waals surface area contributed by atoms with Gasteiger partial charge in [-0.05, 0) is 48.0 Å². The fourth-order valence-electron chi connectivity index (χ4n) is 3.26. The highest BCUT2D eigenvalue weighted by Gasteiger charge is 2.35. The largest absolute Gasteiger partial charge is 0.459 e. The molecule has 10 heteroatoms. The first kappa shape index (κ1) is 21.0. The number of carbonyl (C=O) groups excluding carboxylic acids is 1. The van der Waals surface area contributed by atoms with Crippen molar-refractivity contribution in [3.63, 3.8) is 0 Å². The zero-order valence-electron chi connectivity index (χ0n) is 16.2. The molecule has 0 bridgehead atoms. The van der Waals surface area contributed by atoms with Gasteiger partial charge >= 0.3 is 5.91 Å². The van der Waals surface area contributed by atoms with E-state index in [0.717, 1.165) is 6.26 Å². The van der Waals surface area contributed by atoms with Gasteiger partial charge in [0.25, 0.3) is 0 Å². The zero-order valence-corrected chi connectivity index (χ0v) is 17.7. The predicted molar refractivity (Wildman–Crippen MR) is 115 cm³/mol. The Labute approximate surface area is 183 Å². The summed E-state index contributed by atoms with van der Waals surface area (Å²) < 4.78 is 45.0. The van der Waals surface area contributed by atoms with Gasteiger partial charge in [0.2, 0.25) is 10.0 Å². The lowest BCUT2D eigenvalue weighted by Crippen LogP contribution is -2.39. The number of anilines is 1. The lowest BCUT2D eigenvalue weighted by atomic mass is 10.0. The molecule has 0 fully saturated rings. The highest BCUT2D eigenvalue weighted by molar-refractivity contribution is 7.92. The summed E-state index contributed by atoms with van der Waals surface area (Å²) in [5.41, 5.74) is 4.70. The maximum absolute atomic E-state index is 14.7. The Morgan fingerprint density at radius 1 is 1.16 bits per heavy atom. The van der Waals surface area contributed by atoms with E-state index in [4.69, 9.17) is 16.0 Å². The van der Waals surface area contributed by atoms with Gasteiger partial charge in [-0.2, -0.15) is 0 Å². The summed E-state index contributed by atoms with van der Waals surface area (Å²) in [4.78, 5) is 13.0. The molecule has 2 heterocycles. The van der Waals surface area contributed by atoms with E-state index in [2.05, 4.69) is 10.1 Å². The molecule has 4 rings (SSSR count). The average Bonchev–Trinajstić information content (AvgIpc) is 3.37. The number of hydrogen-bond donors (Lipinski definition) is 2. The minimum Gasteiger partial charge on any atom is -0.459 e. The van der Waals surface area contributed by atoms with Crippen LogP contribution in [0.2, 0.25) is 5.02 Å². The van der Waals surface area contributed by atoms with Crippen LogP contribution in [0.5, 0.6) is 0 Å². The molecule has 2 aromatic carbocycles. The fourth-order valence-corrected chi connectivity index (χ4v) is 4.10. The third-order valence-corrected chi connectivity index (χ3v) is 5.53. The Bertz CT molecular complexity index is 1240. The van der Waals surface area contributed by atoms with Crippen molar-refractivity contribution in [3.8, 4) is 0 Å². The molecular weight excluding hydrogens is 445 g/mol. The molecule has 1 unspecified atom stereocenters. The summed E-state index contributed by atoms with van der Waals surface area (Å²) >= 11 is 6.26. The van der Waals surface area contributed by atoms with Crippen molar-refractivity contribution in [1.29, 1.82) is 0 Å². The molecule has 2 N–H and O–H groups in total. The van der Waals surface area contributed by atoms with Crippen LogP contribution in [-0.4, -0.2) is 25.6 Å². The van der Waals surface area contributed by atoms with E-state index in [1.165, 1.54) is 29.5 Å². The molecule has 0 saturated heterocycles. The molecule has 31 heavy (non-hydrogen) atoms. The van der Waals surface area contributed by atoms with Crippen molar-refractivity contribution in [3.05, 3.63) is 94.7 Å². The van der Waals surface area contributed by atoms with Gasteiger partial charge in [-0.15, -0.1) is 0 Å². The monoisotopic (exact) mass is 461 g/mol. The number of rotatable bonds is 5. The molecule has 0 aliphatic carbocycles. The number of hydrogen-bond acceptors (Lipinski definition) is 5.